The molecular formula is C70H90N12O12. The number of benzene rings is 4. The second kappa shape index (κ2) is 31.9. The van der Waals surface area contributed by atoms with Gasteiger partial charge in [0.25, 0.3) is 22.7 Å². The van der Waals surface area contributed by atoms with Crippen LogP contribution in [0.1, 0.15) is 113 Å². The van der Waals surface area contributed by atoms with E-state index in [1.165, 1.54) is 9.80 Å². The fourth-order valence-electron chi connectivity index (χ4n) is 13.8. The Morgan fingerprint density at radius 2 is 0.766 bits per heavy atom. The average molecular weight is 1290 g/mol. The second-order valence-corrected chi connectivity index (χ2v) is 25.1. The molecule has 12 N–H and O–H groups in total. The van der Waals surface area contributed by atoms with E-state index in [2.05, 4.69) is 53.2 Å². The predicted molar refractivity (Wildman–Crippen MR) is 354 cm³/mol. The molecule has 10 atom stereocenters. The van der Waals surface area contributed by atoms with Gasteiger partial charge in [-0.2, -0.15) is 0 Å². The van der Waals surface area contributed by atoms with Gasteiger partial charge in [0.05, 0.1) is 12.1 Å². The molecule has 24 heteroatoms. The first-order valence-corrected chi connectivity index (χ1v) is 33.0. The lowest BCUT2D eigenvalue weighted by Gasteiger charge is -2.37. The van der Waals surface area contributed by atoms with Gasteiger partial charge in [0.15, 0.2) is 11.1 Å². The van der Waals surface area contributed by atoms with E-state index in [0.717, 1.165) is 0 Å². The van der Waals surface area contributed by atoms with E-state index in [4.69, 9.17) is 0 Å². The number of fused-ring (bicyclic) bond motifs is 2. The SMILES string of the molecule is CN[C@@H](C)C(=O)N[C@@H]1C(=O)N2C(C(=O)NC(C(=O)NCCCCNc3c(NCCCCNC(=O)C(NC(=O)[C@@H]4CC[C@@H]5CC[C@H](CO)[C@H](NC(=O)[C@H](C)NC)C(=O)N54)(c4ccccc4)c4ccccc4)c(=O)c3=O)(c3ccccc3)c3ccccc3)CC[C@@H]2CC[C@@H]1CO. The van der Waals surface area contributed by atoms with Gasteiger partial charge in [-0.3, -0.25) is 47.9 Å². The Hall–Kier alpha value is -8.84. The van der Waals surface area contributed by atoms with Crippen LogP contribution in [0.25, 0.3) is 0 Å². The van der Waals surface area contributed by atoms with E-state index in [9.17, 15) is 58.2 Å². The molecule has 0 bridgehead atoms. The molecule has 0 saturated carbocycles. The number of aliphatic hydroxyl groups is 2. The number of carbonyl (C=O) groups excluding carboxylic acids is 8. The summed E-state index contributed by atoms with van der Waals surface area (Å²) in [4.78, 5) is 144. The third kappa shape index (κ3) is 14.7. The molecule has 4 heterocycles. The summed E-state index contributed by atoms with van der Waals surface area (Å²) in [6.45, 7) is 3.52. The molecule has 5 aromatic rings. The molecule has 0 spiro atoms. The molecule has 8 amide bonds. The quantitative estimate of drug-likeness (QED) is 0.0230. The van der Waals surface area contributed by atoms with Gasteiger partial charge in [-0.25, -0.2) is 0 Å². The van der Waals surface area contributed by atoms with Crippen LogP contribution in [0.5, 0.6) is 0 Å². The lowest BCUT2D eigenvalue weighted by Crippen LogP contribution is -2.62. The molecule has 0 radical (unpaired) electrons. The fraction of sp³-hybridized carbons (Fsp3) is 0.486. The van der Waals surface area contributed by atoms with Gasteiger partial charge in [0, 0.05) is 63.3 Å². The Labute approximate surface area is 547 Å². The van der Waals surface area contributed by atoms with Crippen LogP contribution >= 0.6 is 0 Å². The average Bonchev–Trinajstić information content (AvgIpc) is 1.15. The number of aliphatic hydroxyl groups excluding tert-OH is 2. The molecule has 4 aliphatic heterocycles. The zero-order valence-corrected chi connectivity index (χ0v) is 53.9. The molecule has 4 aliphatic rings. The molecular weight excluding hydrogens is 1200 g/mol. The van der Waals surface area contributed by atoms with Gasteiger partial charge in [0.2, 0.25) is 35.4 Å². The van der Waals surface area contributed by atoms with Gasteiger partial charge in [-0.1, -0.05) is 121 Å². The number of carbonyl (C=O) groups is 8. The Morgan fingerprint density at radius 1 is 0.457 bits per heavy atom. The van der Waals surface area contributed by atoms with Crippen molar-refractivity contribution in [3.63, 3.8) is 0 Å². The number of rotatable bonds is 30. The highest BCUT2D eigenvalue weighted by atomic mass is 16.3. The molecule has 24 nitrogen and oxygen atoms in total. The Bertz CT molecular complexity index is 3210. The summed E-state index contributed by atoms with van der Waals surface area (Å²) in [6.07, 6.45) is 5.37. The van der Waals surface area contributed by atoms with Gasteiger partial charge < -0.3 is 73.2 Å². The monoisotopic (exact) mass is 1290 g/mol. The van der Waals surface area contributed by atoms with Crippen LogP contribution in [0.3, 0.4) is 0 Å². The van der Waals surface area contributed by atoms with E-state index in [0.29, 0.717) is 99.3 Å². The molecule has 4 saturated heterocycles. The van der Waals surface area contributed by atoms with Crippen molar-refractivity contribution in [3.8, 4) is 0 Å². The topological polar surface area (TPSA) is 338 Å². The number of nitrogens with zero attached hydrogens (tertiary/aromatic N) is 2. The molecule has 502 valence electrons. The van der Waals surface area contributed by atoms with Gasteiger partial charge >= 0.3 is 0 Å². The third-order valence-corrected chi connectivity index (χ3v) is 19.5. The van der Waals surface area contributed by atoms with E-state index in [1.807, 2.05) is 0 Å². The minimum Gasteiger partial charge on any atom is -0.396 e. The smallest absolute Gasteiger partial charge is 0.255 e. The fourth-order valence-corrected chi connectivity index (χ4v) is 13.8. The van der Waals surface area contributed by atoms with Crippen molar-refractivity contribution in [2.75, 3.05) is 64.1 Å². The highest BCUT2D eigenvalue weighted by Crippen LogP contribution is 2.39. The summed E-state index contributed by atoms with van der Waals surface area (Å²) in [5.41, 5.74) is -2.70. The van der Waals surface area contributed by atoms with Crippen LogP contribution in [0.2, 0.25) is 0 Å². The minimum absolute atomic E-state index is 0.140. The van der Waals surface area contributed by atoms with Crippen LogP contribution in [-0.4, -0.2) is 169 Å². The number of unbranched alkanes of at least 4 members (excludes halogenated alkanes) is 2. The number of nitrogens with one attached hydrogen (secondary N) is 10. The van der Waals surface area contributed by atoms with Crippen LogP contribution in [0.4, 0.5) is 11.4 Å². The molecule has 5 aromatic carbocycles. The number of anilines is 2. The van der Waals surface area contributed by atoms with Gasteiger partial charge in [-0.15, -0.1) is 0 Å². The molecule has 1 unspecified atom stereocenters. The zero-order valence-electron chi connectivity index (χ0n) is 53.9. The van der Waals surface area contributed by atoms with Crippen LogP contribution in [-0.2, 0) is 49.4 Å². The summed E-state index contributed by atoms with van der Waals surface area (Å²) < 4.78 is 0. The van der Waals surface area contributed by atoms with Crippen molar-refractivity contribution in [2.45, 2.75) is 150 Å². The highest BCUT2D eigenvalue weighted by molar-refractivity contribution is 6.01. The molecule has 94 heavy (non-hydrogen) atoms. The first-order valence-electron chi connectivity index (χ1n) is 33.0. The van der Waals surface area contributed by atoms with E-state index < -0.39 is 117 Å². The lowest BCUT2D eigenvalue weighted by atomic mass is 9.81. The summed E-state index contributed by atoms with van der Waals surface area (Å²) >= 11 is 0. The summed E-state index contributed by atoms with van der Waals surface area (Å²) in [5.74, 6) is -5.05. The maximum atomic E-state index is 15.0. The van der Waals surface area contributed by atoms with E-state index >= 15 is 0 Å². The van der Waals surface area contributed by atoms with Crippen molar-refractivity contribution in [1.29, 1.82) is 0 Å². The third-order valence-electron chi connectivity index (χ3n) is 19.5. The maximum absolute atomic E-state index is 15.0. The van der Waals surface area contributed by atoms with E-state index in [1.54, 1.807) is 149 Å². The zero-order chi connectivity index (χ0) is 67.1. The van der Waals surface area contributed by atoms with Gasteiger partial charge in [0.1, 0.15) is 35.5 Å². The van der Waals surface area contributed by atoms with E-state index in [-0.39, 0.29) is 62.9 Å². The minimum atomic E-state index is -1.76. The summed E-state index contributed by atoms with van der Waals surface area (Å²) in [6, 6.07) is 29.4. The van der Waals surface area contributed by atoms with Gasteiger partial charge in [-0.05, 0) is 127 Å². The van der Waals surface area contributed by atoms with Crippen molar-refractivity contribution in [1.82, 2.24) is 52.3 Å². The standard InChI is InChI=1S/C70H90N12O12/c1-43(71-3)61(87)77-55-45(41-83)29-31-51-33-35-53(81(51)65(55)91)63(89)79-69(47-21-9-5-10-22-47,48-23-11-6-12-24-48)67(93)75-39-19-17-37-73-57-58(60(86)59(57)85)74-38-18-20-40-76-68(94)70(49-25-13-7-14-26-49,50-27-15-8-16-28-50)80-64(90)54-36-34-52-32-30-46(42-84)56(66(92)82(52)54)78-62(88)44(2)72-4/h5-16,21-28,43-46,51-56,71-74,83-84H,17-20,29-42H2,1-4H3,(H,75,93)(H,76,94)(H,77,87)(H,78,88)(H,79,89)(H,80,90)/t43-,44-,45+,46+,51-,52-,53-,54?,55-,56-/m0/s1. The van der Waals surface area contributed by atoms with Crippen molar-refractivity contribution >= 4 is 58.6 Å². The van der Waals surface area contributed by atoms with Crippen LogP contribution < -0.4 is 64.0 Å². The van der Waals surface area contributed by atoms with Crippen molar-refractivity contribution in [2.24, 2.45) is 11.8 Å². The number of hydrogen-bond acceptors (Lipinski definition) is 16. The number of amides is 8. The van der Waals surface area contributed by atoms with Crippen LogP contribution in [0, 0.1) is 11.8 Å². The van der Waals surface area contributed by atoms with Crippen molar-refractivity contribution < 1.29 is 48.6 Å². The Kier molecular flexibility index (Phi) is 23.6. The number of likely N-dealkylation sites (N-methyl/N-ethyl adjacent to an activating group) is 2. The molecule has 0 aliphatic carbocycles. The van der Waals surface area contributed by atoms with Crippen LogP contribution in [0.15, 0.2) is 131 Å². The largest absolute Gasteiger partial charge is 0.396 e. The molecule has 0 aromatic heterocycles. The Balaban J connectivity index is 0.805. The number of hydrogen-bond donors (Lipinski definition) is 12. The molecule has 9 rings (SSSR count). The maximum Gasteiger partial charge on any atom is 0.255 e. The first kappa shape index (κ1) is 69.5. The normalized spacial score (nSPS) is 21.9. The predicted octanol–water partition coefficient (Wildman–Crippen LogP) is 1.73. The molecule has 4 fully saturated rings. The second-order valence-electron chi connectivity index (χ2n) is 25.1. The summed E-state index contributed by atoms with van der Waals surface area (Å²) in [7, 11) is 3.25. The van der Waals surface area contributed by atoms with Crippen molar-refractivity contribution in [3.05, 3.63) is 164 Å². The Morgan fingerprint density at radius 3 is 1.07 bits per heavy atom. The first-order chi connectivity index (χ1) is 45.4. The summed E-state index contributed by atoms with van der Waals surface area (Å²) in [5, 5.41) is 50.7. The highest BCUT2D eigenvalue weighted by Gasteiger charge is 2.53. The lowest BCUT2D eigenvalue weighted by molar-refractivity contribution is -0.145.